The Bertz CT molecular complexity index is 604. The van der Waals surface area contributed by atoms with E-state index in [-0.39, 0.29) is 6.04 Å². The van der Waals surface area contributed by atoms with Gasteiger partial charge in [-0.15, -0.1) is 0 Å². The normalized spacial score (nSPS) is 12.2. The summed E-state index contributed by atoms with van der Waals surface area (Å²) in [5.74, 6) is 0.870. The summed E-state index contributed by atoms with van der Waals surface area (Å²) in [6.07, 6.45) is 0.996. The fourth-order valence-corrected chi connectivity index (χ4v) is 3.04. The maximum absolute atomic E-state index is 6.48. The van der Waals surface area contributed by atoms with E-state index in [4.69, 9.17) is 10.5 Å². The Balaban J connectivity index is 2.32. The first-order valence-corrected chi connectivity index (χ1v) is 8.07. The summed E-state index contributed by atoms with van der Waals surface area (Å²) >= 11 is 3.57. The van der Waals surface area contributed by atoms with Crippen molar-refractivity contribution in [2.75, 3.05) is 6.61 Å². The summed E-state index contributed by atoms with van der Waals surface area (Å²) in [7, 11) is 0. The van der Waals surface area contributed by atoms with Gasteiger partial charge in [0.2, 0.25) is 0 Å². The Labute approximate surface area is 135 Å². The third-order valence-corrected chi connectivity index (χ3v) is 4.25. The first-order valence-electron chi connectivity index (χ1n) is 7.28. The smallest absolute Gasteiger partial charge is 0.133 e. The van der Waals surface area contributed by atoms with Gasteiger partial charge >= 0.3 is 0 Å². The van der Waals surface area contributed by atoms with Crippen molar-refractivity contribution in [3.63, 3.8) is 0 Å². The molecule has 0 bridgehead atoms. The monoisotopic (exact) mass is 347 g/mol. The maximum atomic E-state index is 6.48. The Morgan fingerprint density at radius 3 is 2.38 bits per heavy atom. The fraction of sp³-hybridized carbons (Fsp3) is 0.333. The van der Waals surface area contributed by atoms with Gasteiger partial charge in [-0.3, -0.25) is 0 Å². The molecule has 0 fully saturated rings. The molecule has 2 aromatic carbocycles. The Kier molecular flexibility index (Phi) is 5.43. The highest BCUT2D eigenvalue weighted by atomic mass is 79.9. The molecule has 0 saturated carbocycles. The minimum absolute atomic E-state index is 0.122. The zero-order valence-corrected chi connectivity index (χ0v) is 14.4. The first kappa shape index (κ1) is 16.1. The highest BCUT2D eigenvalue weighted by Gasteiger charge is 2.15. The summed E-state index contributed by atoms with van der Waals surface area (Å²) in [6, 6.07) is 12.3. The van der Waals surface area contributed by atoms with Crippen LogP contribution >= 0.6 is 15.9 Å². The van der Waals surface area contributed by atoms with Gasteiger partial charge in [0, 0.05) is 0 Å². The molecule has 3 heteroatoms. The van der Waals surface area contributed by atoms with Crippen LogP contribution in [0.1, 0.15) is 41.6 Å². The lowest BCUT2D eigenvalue weighted by Crippen LogP contribution is -2.15. The molecular weight excluding hydrogens is 326 g/mol. The van der Waals surface area contributed by atoms with E-state index in [1.165, 1.54) is 16.7 Å². The van der Waals surface area contributed by atoms with Crippen LogP contribution in [0.4, 0.5) is 0 Å². The zero-order valence-electron chi connectivity index (χ0n) is 12.8. The van der Waals surface area contributed by atoms with Gasteiger partial charge in [-0.1, -0.05) is 31.2 Å². The quantitative estimate of drug-likeness (QED) is 0.834. The molecule has 2 nitrogen and oxygen atoms in total. The van der Waals surface area contributed by atoms with Crippen LogP contribution < -0.4 is 10.5 Å². The Morgan fingerprint density at radius 1 is 1.14 bits per heavy atom. The molecule has 0 heterocycles. The predicted molar refractivity (Wildman–Crippen MR) is 91.9 cm³/mol. The molecule has 0 aliphatic heterocycles. The van der Waals surface area contributed by atoms with E-state index in [2.05, 4.69) is 61.0 Å². The highest BCUT2D eigenvalue weighted by molar-refractivity contribution is 9.10. The average molecular weight is 348 g/mol. The second-order valence-corrected chi connectivity index (χ2v) is 6.18. The van der Waals surface area contributed by atoms with Gasteiger partial charge in [-0.05, 0) is 70.6 Å². The number of nitrogens with two attached hydrogens (primary N) is 1. The van der Waals surface area contributed by atoms with Crippen LogP contribution in [0.15, 0.2) is 40.9 Å². The van der Waals surface area contributed by atoms with Crippen molar-refractivity contribution >= 4 is 15.9 Å². The lowest BCUT2D eigenvalue weighted by molar-refractivity contribution is 0.315. The molecule has 2 aromatic rings. The molecule has 0 saturated heterocycles. The topological polar surface area (TPSA) is 35.2 Å². The molecule has 1 unspecified atom stereocenters. The number of rotatable bonds is 5. The largest absolute Gasteiger partial charge is 0.492 e. The average Bonchev–Trinajstić information content (AvgIpc) is 2.45. The van der Waals surface area contributed by atoms with Crippen molar-refractivity contribution < 1.29 is 4.74 Å². The van der Waals surface area contributed by atoms with Crippen molar-refractivity contribution in [3.05, 3.63) is 63.1 Å². The zero-order chi connectivity index (χ0) is 15.4. The van der Waals surface area contributed by atoms with E-state index in [9.17, 15) is 0 Å². The minimum Gasteiger partial charge on any atom is -0.492 e. The van der Waals surface area contributed by atoms with Gasteiger partial charge in [-0.25, -0.2) is 0 Å². The van der Waals surface area contributed by atoms with Gasteiger partial charge in [-0.2, -0.15) is 0 Å². The molecule has 0 aliphatic rings. The van der Waals surface area contributed by atoms with Crippen LogP contribution in [-0.2, 0) is 0 Å². The predicted octanol–water partition coefficient (Wildman–Crippen LogP) is 4.90. The molecule has 0 spiro atoms. The van der Waals surface area contributed by atoms with Crippen LogP contribution in [0.5, 0.6) is 5.75 Å². The van der Waals surface area contributed by atoms with Gasteiger partial charge in [0.05, 0.1) is 17.1 Å². The molecule has 21 heavy (non-hydrogen) atoms. The van der Waals surface area contributed by atoms with Crippen LogP contribution in [0.25, 0.3) is 0 Å². The standard InChI is InChI=1S/C18H22BrNO/c1-4-10-21-16-9-8-14(11-15(16)19)18(20)17-12(2)6-5-7-13(17)3/h5-9,11,18H,4,10,20H2,1-3H3. The SMILES string of the molecule is CCCOc1ccc(C(N)c2c(C)cccc2C)cc1Br. The van der Waals surface area contributed by atoms with Crippen molar-refractivity contribution in [2.45, 2.75) is 33.2 Å². The molecule has 2 N–H and O–H groups in total. The number of hydrogen-bond donors (Lipinski definition) is 1. The third kappa shape index (κ3) is 3.66. The number of hydrogen-bond acceptors (Lipinski definition) is 2. The molecular formula is C18H22BrNO. The van der Waals surface area contributed by atoms with Crippen LogP contribution in [0.2, 0.25) is 0 Å². The summed E-state index contributed by atoms with van der Waals surface area (Å²) in [5, 5.41) is 0. The fourth-order valence-electron chi connectivity index (χ4n) is 2.52. The Morgan fingerprint density at radius 2 is 1.81 bits per heavy atom. The van der Waals surface area contributed by atoms with E-state index < -0.39 is 0 Å². The molecule has 1 atom stereocenters. The van der Waals surface area contributed by atoms with Crippen LogP contribution in [0.3, 0.4) is 0 Å². The van der Waals surface area contributed by atoms with E-state index in [0.717, 1.165) is 28.8 Å². The maximum Gasteiger partial charge on any atom is 0.133 e. The molecule has 112 valence electrons. The number of benzene rings is 2. The van der Waals surface area contributed by atoms with Gasteiger partial charge in [0.1, 0.15) is 5.75 Å². The lowest BCUT2D eigenvalue weighted by atomic mass is 9.92. The Hall–Kier alpha value is -1.32. The molecule has 0 amide bonds. The lowest BCUT2D eigenvalue weighted by Gasteiger charge is -2.19. The number of halogens is 1. The summed E-state index contributed by atoms with van der Waals surface area (Å²) in [5.41, 5.74) is 11.2. The van der Waals surface area contributed by atoms with Crippen molar-refractivity contribution in [3.8, 4) is 5.75 Å². The van der Waals surface area contributed by atoms with Crippen molar-refractivity contribution in [1.82, 2.24) is 0 Å². The second kappa shape index (κ2) is 7.10. The first-order chi connectivity index (χ1) is 10.0. The molecule has 0 aliphatic carbocycles. The van der Waals surface area contributed by atoms with E-state index in [1.54, 1.807) is 0 Å². The van der Waals surface area contributed by atoms with Crippen molar-refractivity contribution in [1.29, 1.82) is 0 Å². The van der Waals surface area contributed by atoms with Crippen LogP contribution in [0, 0.1) is 13.8 Å². The van der Waals surface area contributed by atoms with Gasteiger partial charge in [0.25, 0.3) is 0 Å². The molecule has 0 radical (unpaired) electrons. The molecule has 0 aromatic heterocycles. The minimum atomic E-state index is -0.122. The van der Waals surface area contributed by atoms with Crippen molar-refractivity contribution in [2.24, 2.45) is 5.73 Å². The highest BCUT2D eigenvalue weighted by Crippen LogP contribution is 2.32. The van der Waals surface area contributed by atoms with E-state index >= 15 is 0 Å². The summed E-state index contributed by atoms with van der Waals surface area (Å²) in [4.78, 5) is 0. The molecule has 2 rings (SSSR count). The summed E-state index contributed by atoms with van der Waals surface area (Å²) < 4.78 is 6.64. The third-order valence-electron chi connectivity index (χ3n) is 3.63. The summed E-state index contributed by atoms with van der Waals surface area (Å²) in [6.45, 7) is 7.03. The second-order valence-electron chi connectivity index (χ2n) is 5.32. The number of aryl methyl sites for hydroxylation is 2. The van der Waals surface area contributed by atoms with Crippen LogP contribution in [-0.4, -0.2) is 6.61 Å². The van der Waals surface area contributed by atoms with E-state index in [0.29, 0.717) is 0 Å². The van der Waals surface area contributed by atoms with E-state index in [1.807, 2.05) is 12.1 Å². The van der Waals surface area contributed by atoms with Gasteiger partial charge < -0.3 is 10.5 Å². The van der Waals surface area contributed by atoms with Gasteiger partial charge in [0.15, 0.2) is 0 Å². The number of ether oxygens (including phenoxy) is 1.